The molecule has 8 aliphatic rings. The van der Waals surface area contributed by atoms with E-state index in [4.69, 9.17) is 28.7 Å². The number of aliphatic hydroxyl groups is 2. The highest BCUT2D eigenvalue weighted by atomic mass is 17.3. The summed E-state index contributed by atoms with van der Waals surface area (Å²) in [6.45, 7) is -0.175. The Hall–Kier alpha value is -3.80. The molecule has 3 aliphatic heterocycles. The molecule has 16 nitrogen and oxygen atoms in total. The van der Waals surface area contributed by atoms with E-state index in [1.54, 1.807) is 30.3 Å². The quantitative estimate of drug-likeness (QED) is 0.236. The first kappa shape index (κ1) is 34.9. The van der Waals surface area contributed by atoms with E-state index in [1.165, 1.54) is 12.7 Å². The Morgan fingerprint density at radius 3 is 2.62 bits per heavy atom. The first-order valence-corrected chi connectivity index (χ1v) is 19.0. The van der Waals surface area contributed by atoms with Gasteiger partial charge >= 0.3 is 6.09 Å². The molecular weight excluding hydrogens is 688 g/mol. The molecule has 10 rings (SSSR count). The number of carbonyl (C=O) groups excluding carboxylic acids is 2. The molecular formula is C37H48N6O10. The SMILES string of the molecule is COc1ccc(C[C@H](NC(=O)OC2CCCC3(C2)OOC2(O3)C3CC4CC(C3)CC2C4)C(=O)N[C@H]2[C@@H](O)[C@H](N3CNc4cncnc43)O[C@@H]2CO)cc1. The Morgan fingerprint density at radius 1 is 1.11 bits per heavy atom. The van der Waals surface area contributed by atoms with Crippen LogP contribution in [-0.2, 0) is 35.2 Å². The zero-order valence-corrected chi connectivity index (χ0v) is 29.7. The van der Waals surface area contributed by atoms with E-state index in [1.807, 2.05) is 12.1 Å². The lowest BCUT2D eigenvalue weighted by molar-refractivity contribution is -0.390. The van der Waals surface area contributed by atoms with E-state index < -0.39 is 66.8 Å². The zero-order chi connectivity index (χ0) is 36.3. The van der Waals surface area contributed by atoms with Crippen molar-refractivity contribution in [2.24, 2.45) is 23.7 Å². The third-order valence-electron chi connectivity index (χ3n) is 12.6. The summed E-state index contributed by atoms with van der Waals surface area (Å²) in [6.07, 6.45) is 6.82. The van der Waals surface area contributed by atoms with E-state index in [-0.39, 0.29) is 13.1 Å². The van der Waals surface area contributed by atoms with E-state index >= 15 is 0 Å². The molecule has 53 heavy (non-hydrogen) atoms. The first-order chi connectivity index (χ1) is 25.7. The summed E-state index contributed by atoms with van der Waals surface area (Å²) in [5.41, 5.74) is 1.43. The molecule has 2 saturated heterocycles. The number of hydrogen-bond acceptors (Lipinski definition) is 14. The average Bonchev–Trinajstić information content (AvgIpc) is 3.84. The number of anilines is 2. The minimum Gasteiger partial charge on any atom is -0.497 e. The molecule has 1 aromatic heterocycles. The van der Waals surface area contributed by atoms with Gasteiger partial charge in [0.1, 0.15) is 36.4 Å². The van der Waals surface area contributed by atoms with Crippen LogP contribution in [0.5, 0.6) is 5.75 Å². The average molecular weight is 737 g/mol. The van der Waals surface area contributed by atoms with Crippen LogP contribution in [-0.4, -0.2) is 101 Å². The van der Waals surface area contributed by atoms with Crippen LogP contribution in [0.4, 0.5) is 16.3 Å². The number of nitrogens with zero attached hydrogens (tertiary/aromatic N) is 3. The summed E-state index contributed by atoms with van der Waals surface area (Å²) >= 11 is 0. The normalized spacial score (nSPS) is 38.5. The lowest BCUT2D eigenvalue weighted by atomic mass is 9.53. The van der Waals surface area contributed by atoms with Gasteiger partial charge in [0.25, 0.3) is 0 Å². The number of nitrogens with one attached hydrogen (secondary N) is 3. The molecule has 5 saturated carbocycles. The fourth-order valence-electron chi connectivity index (χ4n) is 10.3. The number of ether oxygens (including phenoxy) is 4. The molecule has 2 spiro atoms. The van der Waals surface area contributed by atoms with Crippen LogP contribution in [0.2, 0.25) is 0 Å². The third-order valence-corrected chi connectivity index (χ3v) is 12.6. The third kappa shape index (κ3) is 6.36. The number of fused-ring (bicyclic) bond motifs is 1. The summed E-state index contributed by atoms with van der Waals surface area (Å²) < 4.78 is 24.2. The smallest absolute Gasteiger partial charge is 0.408 e. The van der Waals surface area contributed by atoms with Gasteiger partial charge in [-0.15, -0.1) is 0 Å². The van der Waals surface area contributed by atoms with Crippen molar-refractivity contribution in [1.29, 1.82) is 0 Å². The van der Waals surface area contributed by atoms with E-state index in [0.717, 1.165) is 49.5 Å². The number of rotatable bonds is 9. The molecule has 2 unspecified atom stereocenters. The number of alkyl carbamates (subject to hydrolysis) is 1. The van der Waals surface area contributed by atoms with E-state index in [2.05, 4.69) is 25.9 Å². The lowest BCUT2D eigenvalue weighted by Gasteiger charge is -2.57. The topological polar surface area (TPSA) is 195 Å². The highest BCUT2D eigenvalue weighted by Gasteiger charge is 2.67. The van der Waals surface area contributed by atoms with Crippen molar-refractivity contribution in [3.05, 3.63) is 42.4 Å². The van der Waals surface area contributed by atoms with Crippen molar-refractivity contribution in [1.82, 2.24) is 20.6 Å². The predicted molar refractivity (Wildman–Crippen MR) is 185 cm³/mol. The van der Waals surface area contributed by atoms with Gasteiger partial charge in [-0.05, 0) is 74.5 Å². The zero-order valence-electron chi connectivity index (χ0n) is 29.7. The van der Waals surface area contributed by atoms with Crippen molar-refractivity contribution in [3.63, 3.8) is 0 Å². The van der Waals surface area contributed by atoms with Gasteiger partial charge in [0.05, 0.1) is 38.3 Å². The summed E-state index contributed by atoms with van der Waals surface area (Å²) in [7, 11) is 1.57. The Kier molecular flexibility index (Phi) is 9.10. The molecule has 16 heteroatoms. The minimum atomic E-state index is -1.24. The van der Waals surface area contributed by atoms with E-state index in [0.29, 0.717) is 48.4 Å². The van der Waals surface area contributed by atoms with Crippen molar-refractivity contribution in [2.45, 2.75) is 112 Å². The summed E-state index contributed by atoms with van der Waals surface area (Å²) in [5.74, 6) is 1.04. The van der Waals surface area contributed by atoms with Crippen molar-refractivity contribution >= 4 is 23.5 Å². The molecule has 0 radical (unpaired) electrons. The van der Waals surface area contributed by atoms with Crippen LogP contribution in [0.3, 0.4) is 0 Å². The van der Waals surface area contributed by atoms with Gasteiger partial charge in [-0.3, -0.25) is 4.79 Å². The number of aromatic nitrogens is 2. The van der Waals surface area contributed by atoms with Crippen LogP contribution in [0, 0.1) is 23.7 Å². The second kappa shape index (κ2) is 13.8. The second-order valence-corrected chi connectivity index (χ2v) is 15.9. The molecule has 7 fully saturated rings. The minimum absolute atomic E-state index is 0.115. The van der Waals surface area contributed by atoms with Crippen molar-refractivity contribution in [3.8, 4) is 5.75 Å². The standard InChI is InChI=1S/C37H48N6O10/c1-48-25-6-4-20(5-7-25)14-27(33(46)42-30-29(17-44)50-34(31(30)45)43-19-40-28-16-38-18-39-32(28)43)41-35(47)49-26-3-2-8-36(15-26)51-37(53-52-36)23-10-21-9-22(12-23)13-24(37)11-21/h4-7,16,18,21-24,26-27,29-31,34,40,44-45H,2-3,8-15,17,19H2,1H3,(H,41,47)(H,42,46)/t21?,22?,23?,24?,26?,27-,29+,30+,31+,34+,36?,37?/m0/s1. The maximum Gasteiger partial charge on any atom is 0.408 e. The monoisotopic (exact) mass is 736 g/mol. The summed E-state index contributed by atoms with van der Waals surface area (Å²) in [5, 5.41) is 30.5. The molecule has 2 amide bonds. The van der Waals surface area contributed by atoms with Gasteiger partial charge in [0.15, 0.2) is 12.0 Å². The van der Waals surface area contributed by atoms with Crippen LogP contribution in [0.25, 0.3) is 0 Å². The number of carbonyl (C=O) groups is 2. The maximum atomic E-state index is 14.0. The number of methoxy groups -OCH3 is 1. The molecule has 4 heterocycles. The molecule has 7 atom stereocenters. The molecule has 5 N–H and O–H groups in total. The van der Waals surface area contributed by atoms with Crippen molar-refractivity contribution in [2.75, 3.05) is 30.6 Å². The Balaban J connectivity index is 0.874. The largest absolute Gasteiger partial charge is 0.497 e. The van der Waals surface area contributed by atoms with Gasteiger partial charge in [-0.25, -0.2) is 14.8 Å². The second-order valence-electron chi connectivity index (χ2n) is 15.9. The van der Waals surface area contributed by atoms with Gasteiger partial charge in [0, 0.05) is 31.1 Å². The highest BCUT2D eigenvalue weighted by Crippen LogP contribution is 2.63. The van der Waals surface area contributed by atoms with E-state index in [9.17, 15) is 19.8 Å². The van der Waals surface area contributed by atoms with Crippen molar-refractivity contribution < 1.29 is 48.5 Å². The Bertz CT molecular complexity index is 1660. The number of hydrogen-bond donors (Lipinski definition) is 5. The summed E-state index contributed by atoms with van der Waals surface area (Å²) in [6, 6.07) is 5.08. The summed E-state index contributed by atoms with van der Waals surface area (Å²) in [4.78, 5) is 49.9. The first-order valence-electron chi connectivity index (χ1n) is 19.0. The highest BCUT2D eigenvalue weighted by molar-refractivity contribution is 5.86. The number of amides is 2. The molecule has 5 aliphatic carbocycles. The van der Waals surface area contributed by atoms with Crippen LogP contribution >= 0.6 is 0 Å². The van der Waals surface area contributed by atoms with Gasteiger partial charge in [-0.2, -0.15) is 9.78 Å². The molecule has 2 aromatic rings. The van der Waals surface area contributed by atoms with Gasteiger partial charge in [0.2, 0.25) is 17.5 Å². The molecule has 4 bridgehead atoms. The predicted octanol–water partition coefficient (Wildman–Crippen LogP) is 2.34. The fourth-order valence-corrected chi connectivity index (χ4v) is 10.3. The van der Waals surface area contributed by atoms with Crippen LogP contribution < -0.4 is 25.6 Å². The fraction of sp³-hybridized carbons (Fsp3) is 0.676. The Morgan fingerprint density at radius 2 is 1.89 bits per heavy atom. The van der Waals surface area contributed by atoms with Crippen LogP contribution in [0.15, 0.2) is 36.8 Å². The number of aliphatic hydroxyl groups excluding tert-OH is 2. The van der Waals surface area contributed by atoms with Crippen LogP contribution in [0.1, 0.15) is 63.4 Å². The number of benzene rings is 1. The van der Waals surface area contributed by atoms with Gasteiger partial charge in [-0.1, -0.05) is 12.1 Å². The maximum absolute atomic E-state index is 14.0. The lowest BCUT2D eigenvalue weighted by Crippen LogP contribution is -2.59. The molecule has 286 valence electrons. The van der Waals surface area contributed by atoms with Gasteiger partial charge < -0.3 is 50.0 Å². The Labute approximate surface area is 307 Å². The molecule has 1 aromatic carbocycles.